The molecule has 2 aromatic carbocycles. The van der Waals surface area contributed by atoms with Crippen molar-refractivity contribution in [3.8, 4) is 5.75 Å². The van der Waals surface area contributed by atoms with Crippen molar-refractivity contribution >= 4 is 23.5 Å². The quantitative estimate of drug-likeness (QED) is 0.796. The van der Waals surface area contributed by atoms with Gasteiger partial charge in [0.1, 0.15) is 11.1 Å². The third kappa shape index (κ3) is 4.43. The number of alkyl halides is 3. The number of aryl methyl sites for hydroxylation is 1. The zero-order valence-electron chi connectivity index (χ0n) is 13.9. The normalized spacial score (nSPS) is 17.2. The fourth-order valence-electron chi connectivity index (χ4n) is 2.69. The third-order valence-corrected chi connectivity index (χ3v) is 5.20. The first kappa shape index (κ1) is 18.4. The van der Waals surface area contributed by atoms with Crippen molar-refractivity contribution in [1.82, 2.24) is 4.90 Å². The number of carbonyl (C=O) groups is 1. The largest absolute Gasteiger partial charge is 0.573 e. The van der Waals surface area contributed by atoms with Crippen molar-refractivity contribution in [2.24, 2.45) is 0 Å². The highest BCUT2D eigenvalue weighted by Crippen LogP contribution is 2.39. The van der Waals surface area contributed by atoms with Crippen LogP contribution in [-0.4, -0.2) is 29.6 Å². The first-order valence-electron chi connectivity index (χ1n) is 7.94. The number of rotatable bonds is 3. The van der Waals surface area contributed by atoms with E-state index in [1.54, 1.807) is 28.8 Å². The van der Waals surface area contributed by atoms with E-state index >= 15 is 0 Å². The molecular weight excluding hydrogens is 365 g/mol. The molecule has 1 saturated heterocycles. The summed E-state index contributed by atoms with van der Waals surface area (Å²) < 4.78 is 40.7. The van der Waals surface area contributed by atoms with Crippen molar-refractivity contribution in [3.05, 3.63) is 59.7 Å². The summed E-state index contributed by atoms with van der Waals surface area (Å²) in [7, 11) is 0. The van der Waals surface area contributed by atoms with Crippen LogP contribution in [0.4, 0.5) is 23.7 Å². The fourth-order valence-corrected chi connectivity index (χ4v) is 3.94. The van der Waals surface area contributed by atoms with E-state index < -0.39 is 6.36 Å². The van der Waals surface area contributed by atoms with Gasteiger partial charge in [0.2, 0.25) is 0 Å². The van der Waals surface area contributed by atoms with Gasteiger partial charge in [0.05, 0.1) is 0 Å². The van der Waals surface area contributed by atoms with E-state index in [0.717, 1.165) is 22.6 Å². The van der Waals surface area contributed by atoms with Gasteiger partial charge in [-0.3, -0.25) is 0 Å². The number of nitrogens with one attached hydrogen (secondary N) is 1. The van der Waals surface area contributed by atoms with Gasteiger partial charge in [-0.25, -0.2) is 4.79 Å². The second kappa shape index (κ2) is 7.49. The third-order valence-electron chi connectivity index (χ3n) is 3.94. The minimum Gasteiger partial charge on any atom is -0.406 e. The van der Waals surface area contributed by atoms with Gasteiger partial charge in [-0.2, -0.15) is 0 Å². The molecule has 26 heavy (non-hydrogen) atoms. The number of anilines is 1. The Bertz CT molecular complexity index is 781. The maximum atomic E-state index is 12.6. The molecule has 0 bridgehead atoms. The van der Waals surface area contributed by atoms with Crippen molar-refractivity contribution < 1.29 is 22.7 Å². The van der Waals surface area contributed by atoms with E-state index in [1.165, 1.54) is 12.1 Å². The number of thioether (sulfide) groups is 1. The standard InChI is InChI=1S/C18H17F3N2O2S/c1-12-4-2-3-5-15(12)22-17(24)23-10-11-26-16(23)13-6-8-14(9-7-13)25-18(19,20)21/h2-9,16H,10-11H2,1H3,(H,22,24)/t16-/m1/s1. The predicted molar refractivity (Wildman–Crippen MR) is 95.2 cm³/mol. The van der Waals surface area contributed by atoms with Gasteiger partial charge in [-0.15, -0.1) is 24.9 Å². The number of hydrogen-bond acceptors (Lipinski definition) is 3. The number of urea groups is 1. The van der Waals surface area contributed by atoms with Crippen LogP contribution in [0, 0.1) is 6.92 Å². The average Bonchev–Trinajstić information content (AvgIpc) is 3.06. The molecule has 0 spiro atoms. The summed E-state index contributed by atoms with van der Waals surface area (Å²) in [6.45, 7) is 2.47. The van der Waals surface area contributed by atoms with Gasteiger partial charge < -0.3 is 15.0 Å². The van der Waals surface area contributed by atoms with Gasteiger partial charge in [0, 0.05) is 18.0 Å². The molecular formula is C18H17F3N2O2S. The molecule has 1 atom stereocenters. The molecule has 0 saturated carbocycles. The molecule has 0 unspecified atom stereocenters. The molecule has 0 radical (unpaired) electrons. The topological polar surface area (TPSA) is 41.6 Å². The summed E-state index contributed by atoms with van der Waals surface area (Å²) in [5.41, 5.74) is 2.45. The number of nitrogens with zero attached hydrogens (tertiary/aromatic N) is 1. The summed E-state index contributed by atoms with van der Waals surface area (Å²) in [4.78, 5) is 14.3. The van der Waals surface area contributed by atoms with Gasteiger partial charge in [-0.05, 0) is 36.2 Å². The summed E-state index contributed by atoms with van der Waals surface area (Å²) in [6, 6.07) is 12.9. The molecule has 4 nitrogen and oxygen atoms in total. The molecule has 2 aromatic rings. The van der Waals surface area contributed by atoms with E-state index in [0.29, 0.717) is 6.54 Å². The van der Waals surface area contributed by atoms with E-state index in [1.807, 2.05) is 31.2 Å². The second-order valence-electron chi connectivity index (χ2n) is 5.78. The summed E-state index contributed by atoms with van der Waals surface area (Å²) in [5.74, 6) is 0.479. The number of hydrogen-bond donors (Lipinski definition) is 1. The summed E-state index contributed by atoms with van der Waals surface area (Å²) in [6.07, 6.45) is -4.72. The van der Waals surface area contributed by atoms with Crippen LogP contribution in [0.5, 0.6) is 5.75 Å². The van der Waals surface area contributed by atoms with Crippen LogP contribution in [-0.2, 0) is 0 Å². The van der Waals surface area contributed by atoms with Gasteiger partial charge in [-0.1, -0.05) is 30.3 Å². The number of halogens is 3. The molecule has 138 valence electrons. The van der Waals surface area contributed by atoms with Crippen LogP contribution < -0.4 is 10.1 Å². The van der Waals surface area contributed by atoms with Gasteiger partial charge in [0.25, 0.3) is 0 Å². The Kier molecular flexibility index (Phi) is 5.31. The Hall–Kier alpha value is -2.35. The second-order valence-corrected chi connectivity index (χ2v) is 6.97. The van der Waals surface area contributed by atoms with Crippen molar-refractivity contribution in [3.63, 3.8) is 0 Å². The Labute approximate surface area is 153 Å². The van der Waals surface area contributed by atoms with Crippen LogP contribution in [0.15, 0.2) is 48.5 Å². The van der Waals surface area contributed by atoms with E-state index in [4.69, 9.17) is 0 Å². The first-order chi connectivity index (χ1) is 12.3. The minimum absolute atomic E-state index is 0.232. The maximum absolute atomic E-state index is 12.6. The van der Waals surface area contributed by atoms with E-state index in [-0.39, 0.29) is 17.2 Å². The highest BCUT2D eigenvalue weighted by atomic mass is 32.2. The highest BCUT2D eigenvalue weighted by molar-refractivity contribution is 7.99. The lowest BCUT2D eigenvalue weighted by Gasteiger charge is -2.25. The molecule has 1 N–H and O–H groups in total. The molecule has 1 fully saturated rings. The Balaban J connectivity index is 1.71. The lowest BCUT2D eigenvalue weighted by atomic mass is 10.2. The van der Waals surface area contributed by atoms with Gasteiger partial charge in [0.15, 0.2) is 0 Å². The molecule has 0 aromatic heterocycles. The lowest BCUT2D eigenvalue weighted by molar-refractivity contribution is -0.274. The van der Waals surface area contributed by atoms with E-state index in [9.17, 15) is 18.0 Å². The van der Waals surface area contributed by atoms with Crippen molar-refractivity contribution in [1.29, 1.82) is 0 Å². The number of para-hydroxylation sites is 1. The molecule has 8 heteroatoms. The van der Waals surface area contributed by atoms with Crippen LogP contribution >= 0.6 is 11.8 Å². The average molecular weight is 382 g/mol. The summed E-state index contributed by atoms with van der Waals surface area (Å²) >= 11 is 1.57. The van der Waals surface area contributed by atoms with Gasteiger partial charge >= 0.3 is 12.4 Å². The van der Waals surface area contributed by atoms with Crippen molar-refractivity contribution in [2.45, 2.75) is 18.7 Å². The van der Waals surface area contributed by atoms with Crippen molar-refractivity contribution in [2.75, 3.05) is 17.6 Å². The minimum atomic E-state index is -4.72. The van der Waals surface area contributed by atoms with Crippen LogP contribution in [0.25, 0.3) is 0 Å². The number of benzene rings is 2. The predicted octanol–water partition coefficient (Wildman–Crippen LogP) is 5.17. The zero-order chi connectivity index (χ0) is 18.7. The first-order valence-corrected chi connectivity index (χ1v) is 8.99. The molecule has 1 heterocycles. The molecule has 1 aliphatic heterocycles. The zero-order valence-corrected chi connectivity index (χ0v) is 14.7. The highest BCUT2D eigenvalue weighted by Gasteiger charge is 2.33. The monoisotopic (exact) mass is 382 g/mol. The Morgan fingerprint density at radius 2 is 1.88 bits per heavy atom. The number of carbonyl (C=O) groups excluding carboxylic acids is 1. The Morgan fingerprint density at radius 1 is 1.19 bits per heavy atom. The molecule has 3 rings (SSSR count). The lowest BCUT2D eigenvalue weighted by Crippen LogP contribution is -2.34. The van der Waals surface area contributed by atoms with E-state index in [2.05, 4.69) is 10.1 Å². The van der Waals surface area contributed by atoms with Crippen LogP contribution in [0.2, 0.25) is 0 Å². The molecule has 2 amide bonds. The Morgan fingerprint density at radius 3 is 2.54 bits per heavy atom. The maximum Gasteiger partial charge on any atom is 0.573 e. The molecule has 0 aliphatic carbocycles. The SMILES string of the molecule is Cc1ccccc1NC(=O)N1CCS[C@@H]1c1ccc(OC(F)(F)F)cc1. The smallest absolute Gasteiger partial charge is 0.406 e. The van der Waals surface area contributed by atoms with Crippen LogP contribution in [0.3, 0.4) is 0 Å². The number of amides is 2. The molecule has 1 aliphatic rings. The summed E-state index contributed by atoms with van der Waals surface area (Å²) in [5, 5.41) is 2.64. The number of ether oxygens (including phenoxy) is 1. The van der Waals surface area contributed by atoms with Crippen LogP contribution in [0.1, 0.15) is 16.5 Å². The fraction of sp³-hybridized carbons (Fsp3) is 0.278.